The van der Waals surface area contributed by atoms with E-state index in [1.165, 1.54) is 0 Å². The lowest BCUT2D eigenvalue weighted by Crippen LogP contribution is -2.28. The van der Waals surface area contributed by atoms with Crippen LogP contribution in [0.2, 0.25) is 0 Å². The van der Waals surface area contributed by atoms with Gasteiger partial charge in [-0.1, -0.05) is 31.2 Å². The number of rotatable bonds is 11. The van der Waals surface area contributed by atoms with Gasteiger partial charge in [-0.05, 0) is 74.5 Å². The first-order valence-electron chi connectivity index (χ1n) is 10.9. The molecule has 2 bridgehead atoms. The van der Waals surface area contributed by atoms with Crippen LogP contribution in [0, 0.1) is 11.8 Å². The number of aliphatic carboxylic acids is 1. The Hall–Kier alpha value is -1.85. The first-order chi connectivity index (χ1) is 14.0. The van der Waals surface area contributed by atoms with Crippen molar-refractivity contribution in [2.24, 2.45) is 11.8 Å². The van der Waals surface area contributed by atoms with Crippen LogP contribution in [-0.4, -0.2) is 39.6 Å². The first kappa shape index (κ1) is 21.8. The van der Waals surface area contributed by atoms with Crippen LogP contribution in [0.25, 0.3) is 0 Å². The molecule has 0 spiro atoms. The average Bonchev–Trinajstić information content (AvgIpc) is 3.30. The number of aliphatic hydroxyl groups excluding tert-OH is 1. The van der Waals surface area contributed by atoms with Gasteiger partial charge in [-0.15, -0.1) is 0 Å². The Bertz CT molecular complexity index is 683. The minimum absolute atomic E-state index is 0.0303. The Labute approximate surface area is 173 Å². The normalized spacial score (nSPS) is 28.1. The van der Waals surface area contributed by atoms with E-state index in [-0.39, 0.29) is 18.1 Å². The van der Waals surface area contributed by atoms with Crippen LogP contribution in [0.3, 0.4) is 0 Å². The number of unbranched alkanes of at least 4 members (excludes halogenated alkanes) is 1. The van der Waals surface area contributed by atoms with Crippen LogP contribution in [0.1, 0.15) is 69.8 Å². The third kappa shape index (κ3) is 5.83. The topological polar surface area (TPSA) is 87.0 Å². The Morgan fingerprint density at radius 1 is 1.17 bits per heavy atom. The van der Waals surface area contributed by atoms with Gasteiger partial charge in [0.25, 0.3) is 0 Å². The second-order valence-electron chi connectivity index (χ2n) is 8.64. The van der Waals surface area contributed by atoms with E-state index in [1.54, 1.807) is 12.1 Å². The van der Waals surface area contributed by atoms with Gasteiger partial charge in [-0.2, -0.15) is 0 Å². The van der Waals surface area contributed by atoms with Crippen LogP contribution in [0.15, 0.2) is 36.4 Å². The zero-order valence-corrected chi connectivity index (χ0v) is 17.2. The predicted octanol–water partition coefficient (Wildman–Crippen LogP) is 4.63. The molecule has 0 amide bonds. The monoisotopic (exact) mass is 402 g/mol. The number of fused-ring (bicyclic) bond motifs is 2. The summed E-state index contributed by atoms with van der Waals surface area (Å²) in [4.78, 5) is 10.6. The summed E-state index contributed by atoms with van der Waals surface area (Å²) in [5.41, 5.74) is 1.04. The molecule has 2 aliphatic rings. The van der Waals surface area contributed by atoms with E-state index in [2.05, 4.69) is 12.2 Å². The van der Waals surface area contributed by atoms with Gasteiger partial charge in [0.05, 0.1) is 18.3 Å². The van der Waals surface area contributed by atoms with E-state index in [0.29, 0.717) is 30.5 Å². The molecule has 0 radical (unpaired) electrons. The van der Waals surface area contributed by atoms with Gasteiger partial charge >= 0.3 is 5.97 Å². The summed E-state index contributed by atoms with van der Waals surface area (Å²) < 4.78 is 6.18. The van der Waals surface area contributed by atoms with Gasteiger partial charge in [-0.3, -0.25) is 4.79 Å². The van der Waals surface area contributed by atoms with Crippen LogP contribution in [0.4, 0.5) is 0 Å². The number of carboxylic acids is 1. The Balaban J connectivity index is 1.48. The fraction of sp³-hybridized carbons (Fsp3) is 0.625. The zero-order chi connectivity index (χ0) is 20.8. The smallest absolute Gasteiger partial charge is 0.303 e. The fourth-order valence-corrected chi connectivity index (χ4v) is 4.95. The van der Waals surface area contributed by atoms with Crippen molar-refractivity contribution in [1.82, 2.24) is 0 Å². The lowest BCUT2D eigenvalue weighted by Gasteiger charge is -2.29. The zero-order valence-electron chi connectivity index (χ0n) is 17.2. The number of phenolic OH excluding ortho intramolecular Hbond substituents is 1. The van der Waals surface area contributed by atoms with E-state index >= 15 is 0 Å². The molecule has 3 N–H and O–H groups in total. The Kier molecular flexibility index (Phi) is 7.73. The van der Waals surface area contributed by atoms with Crippen molar-refractivity contribution >= 4 is 5.97 Å². The number of phenols is 1. The van der Waals surface area contributed by atoms with Crippen molar-refractivity contribution in [2.75, 3.05) is 0 Å². The SMILES string of the molecule is CC(c1ccc(O)cc1)C(O)CC[C@@H]1[C@H](C/C=C\CCCC(=O)O)[C@@H]2CC[C@H]1O2. The van der Waals surface area contributed by atoms with Crippen molar-refractivity contribution in [2.45, 2.75) is 82.5 Å². The van der Waals surface area contributed by atoms with Crippen molar-refractivity contribution < 1.29 is 24.9 Å². The number of aliphatic hydroxyl groups is 1. The quantitative estimate of drug-likeness (QED) is 0.371. The number of hydrogen-bond donors (Lipinski definition) is 3. The Morgan fingerprint density at radius 2 is 1.86 bits per heavy atom. The standard InChI is InChI=1S/C24H34O5/c1-16(17-8-10-18(25)11-9-17)21(26)13-12-20-19(22-14-15-23(20)29-22)6-4-2-3-5-7-24(27)28/h2,4,8-11,16,19-23,25-26H,3,5-7,12-15H2,1H3,(H,27,28)/b4-2-/t16?,19-,20+,21?,22-,23+/m0/s1. The van der Waals surface area contributed by atoms with Gasteiger partial charge < -0.3 is 20.1 Å². The molecule has 1 aromatic rings. The largest absolute Gasteiger partial charge is 0.508 e. The first-order valence-corrected chi connectivity index (χ1v) is 10.9. The molecule has 2 heterocycles. The molecule has 2 fully saturated rings. The van der Waals surface area contributed by atoms with Crippen LogP contribution < -0.4 is 0 Å². The number of carboxylic acid groups (broad SMARTS) is 1. The lowest BCUT2D eigenvalue weighted by atomic mass is 9.74. The molecule has 160 valence electrons. The summed E-state index contributed by atoms with van der Waals surface area (Å²) in [6.45, 7) is 2.03. The number of benzene rings is 1. The maximum Gasteiger partial charge on any atom is 0.303 e. The summed E-state index contributed by atoms with van der Waals surface area (Å²) in [7, 11) is 0. The number of aromatic hydroxyl groups is 1. The number of ether oxygens (including phenoxy) is 1. The van der Waals surface area contributed by atoms with E-state index in [9.17, 15) is 15.0 Å². The molecule has 0 saturated carbocycles. The molecular formula is C24H34O5. The molecule has 0 aromatic heterocycles. The summed E-state index contributed by atoms with van der Waals surface area (Å²) in [6, 6.07) is 7.09. The molecule has 5 heteroatoms. The van der Waals surface area contributed by atoms with Gasteiger partial charge in [0.2, 0.25) is 0 Å². The highest BCUT2D eigenvalue weighted by atomic mass is 16.5. The molecule has 2 aliphatic heterocycles. The van der Waals surface area contributed by atoms with Gasteiger partial charge in [0.15, 0.2) is 0 Å². The molecule has 6 atom stereocenters. The maximum atomic E-state index is 10.7. The molecule has 2 saturated heterocycles. The molecule has 1 aromatic carbocycles. The van der Waals surface area contributed by atoms with Crippen molar-refractivity contribution in [3.63, 3.8) is 0 Å². The Morgan fingerprint density at radius 3 is 2.55 bits per heavy atom. The van der Waals surface area contributed by atoms with E-state index < -0.39 is 12.1 Å². The lowest BCUT2D eigenvalue weighted by molar-refractivity contribution is -0.137. The molecular weight excluding hydrogens is 368 g/mol. The van der Waals surface area contributed by atoms with Gasteiger partial charge in [0, 0.05) is 12.3 Å². The maximum absolute atomic E-state index is 10.7. The van der Waals surface area contributed by atoms with Crippen molar-refractivity contribution in [1.29, 1.82) is 0 Å². The van der Waals surface area contributed by atoms with Crippen molar-refractivity contribution in [3.05, 3.63) is 42.0 Å². The van der Waals surface area contributed by atoms with Crippen LogP contribution in [0.5, 0.6) is 5.75 Å². The molecule has 2 unspecified atom stereocenters. The summed E-state index contributed by atoms with van der Waals surface area (Å²) >= 11 is 0. The summed E-state index contributed by atoms with van der Waals surface area (Å²) in [5.74, 6) is 0.524. The fourth-order valence-electron chi connectivity index (χ4n) is 4.95. The second kappa shape index (κ2) is 10.3. The minimum atomic E-state index is -0.736. The molecule has 3 rings (SSSR count). The highest BCUT2D eigenvalue weighted by Crippen LogP contribution is 2.47. The highest BCUT2D eigenvalue weighted by molar-refractivity contribution is 5.66. The van der Waals surface area contributed by atoms with E-state index in [0.717, 1.165) is 44.1 Å². The predicted molar refractivity (Wildman–Crippen MR) is 112 cm³/mol. The summed E-state index contributed by atoms with van der Waals surface area (Å²) in [6.07, 6.45) is 11.2. The van der Waals surface area contributed by atoms with Gasteiger partial charge in [-0.25, -0.2) is 0 Å². The number of carbonyl (C=O) groups is 1. The highest BCUT2D eigenvalue weighted by Gasteiger charge is 2.47. The molecule has 5 nitrogen and oxygen atoms in total. The third-order valence-corrected chi connectivity index (χ3v) is 6.72. The second-order valence-corrected chi connectivity index (χ2v) is 8.64. The van der Waals surface area contributed by atoms with E-state index in [4.69, 9.17) is 9.84 Å². The van der Waals surface area contributed by atoms with Gasteiger partial charge in [0.1, 0.15) is 5.75 Å². The number of hydrogen-bond acceptors (Lipinski definition) is 4. The van der Waals surface area contributed by atoms with Crippen LogP contribution in [-0.2, 0) is 9.53 Å². The molecule has 0 aliphatic carbocycles. The average molecular weight is 403 g/mol. The number of allylic oxidation sites excluding steroid dienone is 2. The molecule has 29 heavy (non-hydrogen) atoms. The van der Waals surface area contributed by atoms with E-state index in [1.807, 2.05) is 19.1 Å². The summed E-state index contributed by atoms with van der Waals surface area (Å²) in [5, 5.41) is 28.9. The third-order valence-electron chi connectivity index (χ3n) is 6.72. The van der Waals surface area contributed by atoms with Crippen LogP contribution >= 0.6 is 0 Å². The minimum Gasteiger partial charge on any atom is -0.508 e. The van der Waals surface area contributed by atoms with Crippen molar-refractivity contribution in [3.8, 4) is 5.75 Å².